The van der Waals surface area contributed by atoms with E-state index in [0.29, 0.717) is 24.5 Å². The summed E-state index contributed by atoms with van der Waals surface area (Å²) in [5, 5.41) is 9.58. The zero-order chi connectivity index (χ0) is 22.7. The lowest BCUT2D eigenvalue weighted by Crippen LogP contribution is -2.36. The molecular weight excluding hydrogens is 404 g/mol. The van der Waals surface area contributed by atoms with Crippen LogP contribution < -0.4 is 4.74 Å². The molecule has 32 heavy (non-hydrogen) atoms. The summed E-state index contributed by atoms with van der Waals surface area (Å²) in [4.78, 5) is 30.8. The average molecular weight is 431 g/mol. The standard InChI is InChI=1S/C26H26N2O4/c1-17-12-24(32-2)27-15-23(17)22(14-25(29)30)20-9-8-18-10-11-28(16-21(18)13-20)26(31)19-6-4-3-5-7-19/h3-9,12-13,15,22H,10-11,14,16H2,1-2H3,(H,29,30)/t22-/m1/s1. The van der Waals surface area contributed by atoms with Crippen molar-refractivity contribution in [3.63, 3.8) is 0 Å². The normalized spacial score (nSPS) is 13.9. The minimum atomic E-state index is -0.871. The second kappa shape index (κ2) is 9.22. The van der Waals surface area contributed by atoms with Crippen molar-refractivity contribution in [2.24, 2.45) is 0 Å². The highest BCUT2D eigenvalue weighted by Gasteiger charge is 2.25. The number of hydrogen-bond donors (Lipinski definition) is 1. The van der Waals surface area contributed by atoms with Gasteiger partial charge in [-0.05, 0) is 53.3 Å². The summed E-state index contributed by atoms with van der Waals surface area (Å²) in [7, 11) is 1.56. The number of nitrogens with zero attached hydrogens (tertiary/aromatic N) is 2. The third-order valence-electron chi connectivity index (χ3n) is 6.04. The van der Waals surface area contributed by atoms with E-state index in [-0.39, 0.29) is 18.2 Å². The number of aryl methyl sites for hydroxylation is 1. The predicted octanol–water partition coefficient (Wildman–Crippen LogP) is 4.20. The van der Waals surface area contributed by atoms with E-state index in [0.717, 1.165) is 28.7 Å². The molecule has 0 bridgehead atoms. The number of pyridine rings is 1. The van der Waals surface area contributed by atoms with Crippen LogP contribution in [0.25, 0.3) is 0 Å². The molecule has 0 aliphatic carbocycles. The van der Waals surface area contributed by atoms with E-state index in [1.807, 2.05) is 54.3 Å². The second-order valence-corrected chi connectivity index (χ2v) is 8.10. The van der Waals surface area contributed by atoms with Gasteiger partial charge in [0.2, 0.25) is 5.88 Å². The van der Waals surface area contributed by atoms with Crippen LogP contribution in [0, 0.1) is 6.92 Å². The number of fused-ring (bicyclic) bond motifs is 1. The second-order valence-electron chi connectivity index (χ2n) is 8.10. The smallest absolute Gasteiger partial charge is 0.304 e. The first kappa shape index (κ1) is 21.6. The first-order valence-corrected chi connectivity index (χ1v) is 10.6. The quantitative estimate of drug-likeness (QED) is 0.634. The lowest BCUT2D eigenvalue weighted by Gasteiger charge is -2.30. The summed E-state index contributed by atoms with van der Waals surface area (Å²) in [5.41, 5.74) is 5.64. The number of carboxylic acid groups (broad SMARTS) is 1. The molecule has 1 atom stereocenters. The number of rotatable bonds is 6. The zero-order valence-corrected chi connectivity index (χ0v) is 18.2. The van der Waals surface area contributed by atoms with E-state index in [2.05, 4.69) is 17.1 Å². The number of ether oxygens (including phenoxy) is 1. The number of aromatic nitrogens is 1. The van der Waals surface area contributed by atoms with Crippen LogP contribution in [-0.2, 0) is 17.8 Å². The first-order valence-electron chi connectivity index (χ1n) is 10.6. The Kier molecular flexibility index (Phi) is 6.21. The van der Waals surface area contributed by atoms with Crippen molar-refractivity contribution in [2.45, 2.75) is 32.2 Å². The average Bonchev–Trinajstić information content (AvgIpc) is 2.82. The predicted molar refractivity (Wildman–Crippen MR) is 121 cm³/mol. The van der Waals surface area contributed by atoms with E-state index >= 15 is 0 Å². The van der Waals surface area contributed by atoms with Crippen LogP contribution in [0.15, 0.2) is 60.8 Å². The molecule has 6 nitrogen and oxygen atoms in total. The maximum absolute atomic E-state index is 12.9. The Bertz CT molecular complexity index is 1140. The summed E-state index contributed by atoms with van der Waals surface area (Å²) in [6, 6.07) is 17.2. The maximum Gasteiger partial charge on any atom is 0.304 e. The largest absolute Gasteiger partial charge is 0.481 e. The number of hydrogen-bond acceptors (Lipinski definition) is 4. The van der Waals surface area contributed by atoms with Crippen LogP contribution in [-0.4, -0.2) is 40.5 Å². The fourth-order valence-electron chi connectivity index (χ4n) is 4.33. The Balaban J connectivity index is 1.65. The summed E-state index contributed by atoms with van der Waals surface area (Å²) in [6.07, 6.45) is 2.44. The molecule has 0 saturated carbocycles. The summed E-state index contributed by atoms with van der Waals surface area (Å²) < 4.78 is 5.20. The molecule has 0 unspecified atom stereocenters. The van der Waals surface area contributed by atoms with Crippen LogP contribution in [0.4, 0.5) is 0 Å². The van der Waals surface area contributed by atoms with Crippen molar-refractivity contribution >= 4 is 11.9 Å². The van der Waals surface area contributed by atoms with Crippen molar-refractivity contribution < 1.29 is 19.4 Å². The minimum absolute atomic E-state index is 0.0129. The van der Waals surface area contributed by atoms with Gasteiger partial charge in [0.1, 0.15) is 0 Å². The van der Waals surface area contributed by atoms with E-state index in [4.69, 9.17) is 4.74 Å². The molecule has 0 radical (unpaired) electrons. The first-order chi connectivity index (χ1) is 15.5. The van der Waals surface area contributed by atoms with Crippen LogP contribution in [0.1, 0.15) is 50.5 Å². The minimum Gasteiger partial charge on any atom is -0.481 e. The Morgan fingerprint density at radius 3 is 2.59 bits per heavy atom. The molecule has 3 aromatic rings. The van der Waals surface area contributed by atoms with Gasteiger partial charge in [-0.25, -0.2) is 4.98 Å². The number of carbonyl (C=O) groups is 2. The van der Waals surface area contributed by atoms with E-state index in [1.54, 1.807) is 13.3 Å². The molecule has 0 fully saturated rings. The number of amides is 1. The van der Waals surface area contributed by atoms with E-state index in [9.17, 15) is 14.7 Å². The third kappa shape index (κ3) is 4.49. The van der Waals surface area contributed by atoms with Gasteiger partial charge in [0, 0.05) is 36.8 Å². The molecule has 0 spiro atoms. The zero-order valence-electron chi connectivity index (χ0n) is 18.2. The van der Waals surface area contributed by atoms with Crippen molar-refractivity contribution in [1.29, 1.82) is 0 Å². The van der Waals surface area contributed by atoms with Gasteiger partial charge in [0.15, 0.2) is 0 Å². The fraction of sp³-hybridized carbons (Fsp3) is 0.269. The highest BCUT2D eigenvalue weighted by molar-refractivity contribution is 5.94. The summed E-state index contributed by atoms with van der Waals surface area (Å²) in [5.74, 6) is -0.694. The van der Waals surface area contributed by atoms with Gasteiger partial charge in [-0.1, -0.05) is 36.4 Å². The molecule has 2 aromatic carbocycles. The van der Waals surface area contributed by atoms with E-state index in [1.165, 1.54) is 5.56 Å². The monoisotopic (exact) mass is 430 g/mol. The number of methoxy groups -OCH3 is 1. The lowest BCUT2D eigenvalue weighted by atomic mass is 9.84. The Morgan fingerprint density at radius 1 is 1.12 bits per heavy atom. The molecule has 1 amide bonds. The molecule has 0 saturated heterocycles. The van der Waals surface area contributed by atoms with Crippen molar-refractivity contribution in [3.05, 3.63) is 94.2 Å². The molecule has 164 valence electrons. The SMILES string of the molecule is COc1cc(C)c([C@H](CC(=O)O)c2ccc3c(c2)CN(C(=O)c2ccccc2)CC3)cn1. The molecule has 1 aromatic heterocycles. The van der Waals surface area contributed by atoms with Crippen molar-refractivity contribution in [3.8, 4) is 5.88 Å². The van der Waals surface area contributed by atoms with Gasteiger partial charge in [-0.2, -0.15) is 0 Å². The van der Waals surface area contributed by atoms with Gasteiger partial charge in [0.25, 0.3) is 5.91 Å². The number of benzene rings is 2. The summed E-state index contributed by atoms with van der Waals surface area (Å²) >= 11 is 0. The molecule has 1 N–H and O–H groups in total. The molecule has 6 heteroatoms. The highest BCUT2D eigenvalue weighted by Crippen LogP contribution is 2.33. The number of carbonyl (C=O) groups excluding carboxylic acids is 1. The third-order valence-corrected chi connectivity index (χ3v) is 6.04. The topological polar surface area (TPSA) is 79.7 Å². The number of aliphatic carboxylic acids is 1. The van der Waals surface area contributed by atoms with Crippen molar-refractivity contribution in [1.82, 2.24) is 9.88 Å². The van der Waals surface area contributed by atoms with Gasteiger partial charge in [-0.3, -0.25) is 9.59 Å². The van der Waals surface area contributed by atoms with Crippen LogP contribution in [0.3, 0.4) is 0 Å². The Hall–Kier alpha value is -3.67. The Morgan fingerprint density at radius 2 is 1.91 bits per heavy atom. The molecule has 4 rings (SSSR count). The summed E-state index contributed by atoms with van der Waals surface area (Å²) in [6.45, 7) is 3.11. The molecular formula is C26H26N2O4. The number of carboxylic acids is 1. The van der Waals surface area contributed by atoms with Crippen LogP contribution in [0.2, 0.25) is 0 Å². The lowest BCUT2D eigenvalue weighted by molar-refractivity contribution is -0.137. The van der Waals surface area contributed by atoms with Crippen LogP contribution in [0.5, 0.6) is 5.88 Å². The van der Waals surface area contributed by atoms with Crippen molar-refractivity contribution in [2.75, 3.05) is 13.7 Å². The molecule has 1 aliphatic heterocycles. The Labute approximate surface area is 187 Å². The van der Waals surface area contributed by atoms with Gasteiger partial charge >= 0.3 is 5.97 Å². The molecule has 2 heterocycles. The maximum atomic E-state index is 12.9. The van der Waals surface area contributed by atoms with Gasteiger partial charge in [-0.15, -0.1) is 0 Å². The fourth-order valence-corrected chi connectivity index (χ4v) is 4.33. The van der Waals surface area contributed by atoms with Crippen LogP contribution >= 0.6 is 0 Å². The molecule has 1 aliphatic rings. The van der Waals surface area contributed by atoms with E-state index < -0.39 is 5.97 Å². The highest BCUT2D eigenvalue weighted by atomic mass is 16.5. The van der Waals surface area contributed by atoms with Gasteiger partial charge in [0.05, 0.1) is 13.5 Å². The van der Waals surface area contributed by atoms with Gasteiger partial charge < -0.3 is 14.7 Å².